The van der Waals surface area contributed by atoms with Gasteiger partial charge in [0.1, 0.15) is 6.42 Å². The summed E-state index contributed by atoms with van der Waals surface area (Å²) in [6.07, 6.45) is 1.98. The van der Waals surface area contributed by atoms with Crippen molar-refractivity contribution in [3.63, 3.8) is 0 Å². The van der Waals surface area contributed by atoms with Gasteiger partial charge in [0.25, 0.3) is 0 Å². The van der Waals surface area contributed by atoms with E-state index in [4.69, 9.17) is 5.26 Å². The Bertz CT molecular complexity index is 195. The van der Waals surface area contributed by atoms with Gasteiger partial charge in [-0.1, -0.05) is 0 Å². The summed E-state index contributed by atoms with van der Waals surface area (Å²) in [6, 6.07) is 1.94. The highest BCUT2D eigenvalue weighted by Crippen LogP contribution is 2.16. The number of hydrogen-bond donors (Lipinski definition) is 0. The molecule has 1 radical (unpaired) electrons. The van der Waals surface area contributed by atoms with Gasteiger partial charge in [0.05, 0.1) is 6.07 Å². The van der Waals surface area contributed by atoms with Crippen LogP contribution in [0.1, 0.15) is 19.3 Å². The van der Waals surface area contributed by atoms with Gasteiger partial charge in [0.2, 0.25) is 5.91 Å². The molecule has 0 N–H and O–H groups in total. The molecule has 0 aliphatic carbocycles. The minimum absolute atomic E-state index is 0.00792. The molecule has 0 aromatic carbocycles. The molecule has 1 amide bonds. The zero-order valence-corrected chi connectivity index (χ0v) is 6.42. The van der Waals surface area contributed by atoms with Crippen LogP contribution in [-0.4, -0.2) is 23.4 Å². The van der Waals surface area contributed by atoms with E-state index in [1.807, 2.05) is 6.07 Å². The molecule has 59 valence electrons. The van der Waals surface area contributed by atoms with Crippen LogP contribution in [0.5, 0.6) is 0 Å². The molecule has 1 aliphatic rings. The standard InChI is InChI=1S/C8H11N2O/c1-7-3-2-6-10(7)8(11)4-5-9/h7H,1-4,6H2/t7-/m0/s1. The monoisotopic (exact) mass is 151 g/mol. The van der Waals surface area contributed by atoms with Crippen LogP contribution >= 0.6 is 0 Å². The Hall–Kier alpha value is -1.04. The average molecular weight is 151 g/mol. The van der Waals surface area contributed by atoms with Crippen molar-refractivity contribution in [3.8, 4) is 6.07 Å². The molecule has 0 spiro atoms. The van der Waals surface area contributed by atoms with E-state index in [2.05, 4.69) is 6.92 Å². The number of nitrogens with zero attached hydrogens (tertiary/aromatic N) is 2. The van der Waals surface area contributed by atoms with Crippen LogP contribution in [0, 0.1) is 18.3 Å². The first-order chi connectivity index (χ1) is 5.25. The molecule has 3 heteroatoms. The maximum absolute atomic E-state index is 11.1. The van der Waals surface area contributed by atoms with E-state index < -0.39 is 0 Å². The predicted molar refractivity (Wildman–Crippen MR) is 40.3 cm³/mol. The van der Waals surface area contributed by atoms with Crippen molar-refractivity contribution in [2.45, 2.75) is 25.3 Å². The first-order valence-corrected chi connectivity index (χ1v) is 3.75. The number of rotatable bonds is 1. The molecule has 0 saturated carbocycles. The van der Waals surface area contributed by atoms with E-state index >= 15 is 0 Å². The number of nitriles is 1. The van der Waals surface area contributed by atoms with Crippen molar-refractivity contribution in [2.24, 2.45) is 0 Å². The second kappa shape index (κ2) is 3.38. The molecule has 1 atom stereocenters. The van der Waals surface area contributed by atoms with Gasteiger partial charge in [0, 0.05) is 12.6 Å². The van der Waals surface area contributed by atoms with Crippen LogP contribution in [-0.2, 0) is 4.79 Å². The Morgan fingerprint density at radius 2 is 2.55 bits per heavy atom. The van der Waals surface area contributed by atoms with E-state index in [0.717, 1.165) is 19.4 Å². The van der Waals surface area contributed by atoms with Crippen molar-refractivity contribution >= 4 is 5.91 Å². The SMILES string of the molecule is [CH2][C@H]1CCCN1C(=O)CC#N. The fourth-order valence-corrected chi connectivity index (χ4v) is 1.33. The molecule has 0 unspecified atom stereocenters. The molecular formula is C8H11N2O. The van der Waals surface area contributed by atoms with Gasteiger partial charge in [-0.25, -0.2) is 0 Å². The van der Waals surface area contributed by atoms with Crippen molar-refractivity contribution in [1.82, 2.24) is 4.90 Å². The number of likely N-dealkylation sites (tertiary alicyclic amines) is 1. The topological polar surface area (TPSA) is 44.1 Å². The zero-order chi connectivity index (χ0) is 8.27. The Morgan fingerprint density at radius 3 is 3.00 bits per heavy atom. The molecule has 1 aliphatic heterocycles. The first-order valence-electron chi connectivity index (χ1n) is 3.75. The van der Waals surface area contributed by atoms with Crippen molar-refractivity contribution < 1.29 is 4.79 Å². The molecule has 1 rings (SSSR count). The van der Waals surface area contributed by atoms with Gasteiger partial charge in [-0.3, -0.25) is 4.79 Å². The smallest absolute Gasteiger partial charge is 0.237 e. The minimum Gasteiger partial charge on any atom is -0.339 e. The highest BCUT2D eigenvalue weighted by Gasteiger charge is 2.24. The molecule has 0 bridgehead atoms. The molecule has 1 fully saturated rings. The van der Waals surface area contributed by atoms with Gasteiger partial charge in [-0.15, -0.1) is 0 Å². The normalized spacial score (nSPS) is 23.3. The Labute approximate surface area is 66.6 Å². The van der Waals surface area contributed by atoms with Crippen LogP contribution < -0.4 is 0 Å². The molecule has 0 aromatic rings. The lowest BCUT2D eigenvalue weighted by Crippen LogP contribution is -2.33. The number of carbonyl (C=O) groups is 1. The van der Waals surface area contributed by atoms with Crippen LogP contribution in [0.2, 0.25) is 0 Å². The molecular weight excluding hydrogens is 140 g/mol. The van der Waals surface area contributed by atoms with Crippen molar-refractivity contribution in [2.75, 3.05) is 6.54 Å². The fourth-order valence-electron chi connectivity index (χ4n) is 1.33. The van der Waals surface area contributed by atoms with Gasteiger partial charge < -0.3 is 4.90 Å². The van der Waals surface area contributed by atoms with Gasteiger partial charge in [-0.05, 0) is 19.8 Å². The van der Waals surface area contributed by atoms with Gasteiger partial charge in [0.15, 0.2) is 0 Å². The molecule has 1 heterocycles. The molecule has 3 nitrogen and oxygen atoms in total. The Kier molecular flexibility index (Phi) is 2.48. The lowest BCUT2D eigenvalue weighted by molar-refractivity contribution is -0.130. The second-order valence-electron chi connectivity index (χ2n) is 2.72. The highest BCUT2D eigenvalue weighted by atomic mass is 16.2. The molecule has 1 saturated heterocycles. The first kappa shape index (κ1) is 8.06. The summed E-state index contributed by atoms with van der Waals surface area (Å²) in [5.74, 6) is -0.0787. The minimum atomic E-state index is -0.0787. The number of amides is 1. The second-order valence-corrected chi connectivity index (χ2v) is 2.72. The van der Waals surface area contributed by atoms with Gasteiger partial charge >= 0.3 is 0 Å². The summed E-state index contributed by atoms with van der Waals surface area (Å²) >= 11 is 0. The third kappa shape index (κ3) is 1.70. The van der Waals surface area contributed by atoms with Gasteiger partial charge in [-0.2, -0.15) is 5.26 Å². The summed E-state index contributed by atoms with van der Waals surface area (Å²) in [5, 5.41) is 8.27. The predicted octanol–water partition coefficient (Wildman–Crippen LogP) is 0.725. The molecule has 11 heavy (non-hydrogen) atoms. The van der Waals surface area contributed by atoms with E-state index in [1.165, 1.54) is 0 Å². The van der Waals surface area contributed by atoms with Crippen LogP contribution in [0.25, 0.3) is 0 Å². The van der Waals surface area contributed by atoms with Crippen LogP contribution in [0.4, 0.5) is 0 Å². The molecule has 0 aromatic heterocycles. The maximum atomic E-state index is 11.1. The summed E-state index contributed by atoms with van der Waals surface area (Å²) in [5.41, 5.74) is 0. The van der Waals surface area contributed by atoms with Crippen molar-refractivity contribution in [1.29, 1.82) is 5.26 Å². The third-order valence-electron chi connectivity index (χ3n) is 1.93. The Morgan fingerprint density at radius 1 is 1.82 bits per heavy atom. The third-order valence-corrected chi connectivity index (χ3v) is 1.93. The summed E-state index contributed by atoms with van der Waals surface area (Å²) in [4.78, 5) is 12.8. The Balaban J connectivity index is 2.47. The quantitative estimate of drug-likeness (QED) is 0.554. The summed E-state index contributed by atoms with van der Waals surface area (Å²) < 4.78 is 0. The van der Waals surface area contributed by atoms with Crippen LogP contribution in [0.15, 0.2) is 0 Å². The van der Waals surface area contributed by atoms with Crippen LogP contribution in [0.3, 0.4) is 0 Å². The highest BCUT2D eigenvalue weighted by molar-refractivity contribution is 5.78. The van der Waals surface area contributed by atoms with Crippen molar-refractivity contribution in [3.05, 3.63) is 6.92 Å². The zero-order valence-electron chi connectivity index (χ0n) is 6.42. The van der Waals surface area contributed by atoms with E-state index in [1.54, 1.807) is 4.90 Å². The van der Waals surface area contributed by atoms with E-state index in [-0.39, 0.29) is 18.4 Å². The summed E-state index contributed by atoms with van der Waals surface area (Å²) in [6.45, 7) is 4.59. The maximum Gasteiger partial charge on any atom is 0.237 e. The number of hydrogen-bond acceptors (Lipinski definition) is 2. The average Bonchev–Trinajstić information content (AvgIpc) is 2.36. The largest absolute Gasteiger partial charge is 0.339 e. The summed E-state index contributed by atoms with van der Waals surface area (Å²) in [7, 11) is 0. The number of carbonyl (C=O) groups excluding carboxylic acids is 1. The lowest BCUT2D eigenvalue weighted by Gasteiger charge is -2.19. The fraction of sp³-hybridized carbons (Fsp3) is 0.625. The van der Waals surface area contributed by atoms with E-state index in [9.17, 15) is 4.79 Å². The van der Waals surface area contributed by atoms with E-state index in [0.29, 0.717) is 0 Å². The lowest BCUT2D eigenvalue weighted by atomic mass is 10.2.